The molecule has 0 radical (unpaired) electrons. The van der Waals surface area contributed by atoms with Gasteiger partial charge >= 0.3 is 6.47 Å². The first-order valence-corrected chi connectivity index (χ1v) is 12.4. The van der Waals surface area contributed by atoms with Gasteiger partial charge in [0.2, 0.25) is 0 Å². The molecule has 3 saturated heterocycles. The van der Waals surface area contributed by atoms with Crippen molar-refractivity contribution in [3.05, 3.63) is 23.8 Å². The van der Waals surface area contributed by atoms with Crippen molar-refractivity contribution in [2.75, 3.05) is 68.8 Å². The van der Waals surface area contributed by atoms with Crippen LogP contribution in [0.1, 0.15) is 38.7 Å². The number of hydroxylamine groups is 2. The van der Waals surface area contributed by atoms with Crippen LogP contribution in [0.25, 0.3) is 0 Å². The second-order valence-corrected chi connectivity index (χ2v) is 9.56. The number of morpholine rings is 1. The molecule has 4 rings (SSSR count). The molecule has 1 atom stereocenters. The molecule has 33 heavy (non-hydrogen) atoms. The van der Waals surface area contributed by atoms with E-state index in [1.807, 2.05) is 0 Å². The number of carbonyl (C=O) groups is 2. The average molecular weight is 459 g/mol. The number of aryl methyl sites for hydroxylation is 1. The summed E-state index contributed by atoms with van der Waals surface area (Å²) < 4.78 is 5.56. The van der Waals surface area contributed by atoms with Crippen LogP contribution in [0.3, 0.4) is 0 Å². The van der Waals surface area contributed by atoms with Gasteiger partial charge in [-0.25, -0.2) is 0 Å². The maximum Gasteiger partial charge on any atom is 0.320 e. The van der Waals surface area contributed by atoms with Crippen LogP contribution < -0.4 is 9.80 Å². The summed E-state index contributed by atoms with van der Waals surface area (Å²) >= 11 is 0. The fourth-order valence-electron chi connectivity index (χ4n) is 5.61. The van der Waals surface area contributed by atoms with E-state index in [9.17, 15) is 9.59 Å². The molecule has 0 aromatic heterocycles. The van der Waals surface area contributed by atoms with E-state index >= 15 is 0 Å². The first kappa shape index (κ1) is 23.8. The van der Waals surface area contributed by atoms with Crippen LogP contribution in [0, 0.1) is 12.3 Å². The lowest BCUT2D eigenvalue weighted by molar-refractivity contribution is -0.192. The number of hydrogen-bond donors (Lipinski definition) is 0. The van der Waals surface area contributed by atoms with Gasteiger partial charge in [-0.1, -0.05) is 19.9 Å². The summed E-state index contributed by atoms with van der Waals surface area (Å²) in [7, 11) is 0. The number of benzene rings is 1. The second kappa shape index (κ2) is 10.3. The van der Waals surface area contributed by atoms with E-state index in [1.54, 1.807) is 0 Å². The van der Waals surface area contributed by atoms with Gasteiger partial charge in [0.1, 0.15) is 0 Å². The highest BCUT2D eigenvalue weighted by molar-refractivity contribution is 5.85. The van der Waals surface area contributed by atoms with Crippen LogP contribution in [0.15, 0.2) is 18.2 Å². The van der Waals surface area contributed by atoms with Gasteiger partial charge in [-0.15, -0.1) is 0 Å². The van der Waals surface area contributed by atoms with Crippen molar-refractivity contribution in [1.82, 2.24) is 9.96 Å². The number of carbonyl (C=O) groups excluding carboxylic acids is 2. The fourth-order valence-corrected chi connectivity index (χ4v) is 5.61. The van der Waals surface area contributed by atoms with Crippen molar-refractivity contribution in [2.45, 2.75) is 46.1 Å². The summed E-state index contributed by atoms with van der Waals surface area (Å²) in [6, 6.07) is 6.65. The molecular weight excluding hydrogens is 420 g/mol. The fraction of sp³-hybridized carbons (Fsp3) is 0.680. The lowest BCUT2D eigenvalue weighted by Crippen LogP contribution is -2.51. The van der Waals surface area contributed by atoms with E-state index < -0.39 is 5.41 Å². The number of amides is 1. The summed E-state index contributed by atoms with van der Waals surface area (Å²) in [4.78, 5) is 36.5. The molecule has 0 unspecified atom stereocenters. The van der Waals surface area contributed by atoms with E-state index in [0.717, 1.165) is 78.3 Å². The summed E-state index contributed by atoms with van der Waals surface area (Å²) in [5, 5.41) is 1.35. The number of rotatable bonds is 8. The standard InChI is InChI=1S/C25H38N4O4/c1-4-25(5-2)17-21(29(24(25)31)33-19-30)18-26-8-10-27(11-9-26)22-7-6-20(3)16-23(22)28-12-14-32-15-13-28/h6-7,16,19,21H,4-5,8-15,17-18H2,1-3H3/t21-/m1/s1. The van der Waals surface area contributed by atoms with Crippen LogP contribution in [0.4, 0.5) is 11.4 Å². The zero-order valence-corrected chi connectivity index (χ0v) is 20.3. The van der Waals surface area contributed by atoms with Crippen molar-refractivity contribution in [2.24, 2.45) is 5.41 Å². The number of ether oxygens (including phenoxy) is 1. The number of nitrogens with zero attached hydrogens (tertiary/aromatic N) is 4. The summed E-state index contributed by atoms with van der Waals surface area (Å²) in [6.45, 7) is 14.5. The Morgan fingerprint density at radius 3 is 2.33 bits per heavy atom. The predicted octanol–water partition coefficient (Wildman–Crippen LogP) is 2.45. The van der Waals surface area contributed by atoms with Gasteiger partial charge in [-0.2, -0.15) is 5.06 Å². The van der Waals surface area contributed by atoms with E-state index in [1.165, 1.54) is 22.0 Å². The van der Waals surface area contributed by atoms with Gasteiger partial charge in [0, 0.05) is 45.8 Å². The zero-order chi connectivity index (χ0) is 23.4. The van der Waals surface area contributed by atoms with Gasteiger partial charge in [0.15, 0.2) is 0 Å². The smallest absolute Gasteiger partial charge is 0.320 e. The van der Waals surface area contributed by atoms with Crippen LogP contribution in [-0.4, -0.2) is 87.4 Å². The lowest BCUT2D eigenvalue weighted by Gasteiger charge is -2.40. The Morgan fingerprint density at radius 1 is 1.03 bits per heavy atom. The van der Waals surface area contributed by atoms with Gasteiger partial charge < -0.3 is 19.4 Å². The van der Waals surface area contributed by atoms with Crippen LogP contribution in [0.2, 0.25) is 0 Å². The Balaban J connectivity index is 1.41. The topological polar surface area (TPSA) is 65.6 Å². The van der Waals surface area contributed by atoms with Crippen molar-refractivity contribution >= 4 is 23.8 Å². The minimum Gasteiger partial charge on any atom is -0.378 e. The average Bonchev–Trinajstić information content (AvgIpc) is 3.11. The monoisotopic (exact) mass is 458 g/mol. The molecule has 3 fully saturated rings. The van der Waals surface area contributed by atoms with E-state index in [0.29, 0.717) is 6.47 Å². The van der Waals surface area contributed by atoms with Gasteiger partial charge in [-0.3, -0.25) is 14.5 Å². The Kier molecular flexibility index (Phi) is 7.44. The lowest BCUT2D eigenvalue weighted by atomic mass is 9.79. The normalized spacial score (nSPS) is 23.8. The van der Waals surface area contributed by atoms with E-state index in [-0.39, 0.29) is 11.9 Å². The third-order valence-electron chi connectivity index (χ3n) is 7.79. The molecular formula is C25H38N4O4. The second-order valence-electron chi connectivity index (χ2n) is 9.56. The Labute approximate surface area is 197 Å². The minimum atomic E-state index is -0.412. The summed E-state index contributed by atoms with van der Waals surface area (Å²) in [5.41, 5.74) is 3.45. The molecule has 0 aliphatic carbocycles. The molecule has 182 valence electrons. The SMILES string of the molecule is CCC1(CC)C[C@H](CN2CCN(c3ccc(C)cc3N3CCOCC3)CC2)N(OC=O)C1=O. The Hall–Kier alpha value is -2.32. The molecule has 8 heteroatoms. The molecule has 0 spiro atoms. The summed E-state index contributed by atoms with van der Waals surface area (Å²) in [6.07, 6.45) is 2.28. The molecule has 3 aliphatic heterocycles. The summed E-state index contributed by atoms with van der Waals surface area (Å²) in [5.74, 6) is -0.0435. The van der Waals surface area contributed by atoms with Gasteiger partial charge in [0.25, 0.3) is 5.91 Å². The zero-order valence-electron chi connectivity index (χ0n) is 20.3. The highest BCUT2D eigenvalue weighted by atomic mass is 16.7. The largest absolute Gasteiger partial charge is 0.378 e. The quantitative estimate of drug-likeness (QED) is 0.555. The van der Waals surface area contributed by atoms with Crippen LogP contribution in [-0.2, 0) is 19.2 Å². The molecule has 0 bridgehead atoms. The molecule has 1 amide bonds. The van der Waals surface area contributed by atoms with Crippen LogP contribution in [0.5, 0.6) is 0 Å². The van der Waals surface area contributed by atoms with Crippen molar-refractivity contribution in [3.63, 3.8) is 0 Å². The molecule has 8 nitrogen and oxygen atoms in total. The highest BCUT2D eigenvalue weighted by Gasteiger charge is 2.51. The number of hydrogen-bond acceptors (Lipinski definition) is 7. The van der Waals surface area contributed by atoms with Crippen molar-refractivity contribution < 1.29 is 19.2 Å². The molecule has 0 saturated carbocycles. The third-order valence-corrected chi connectivity index (χ3v) is 7.79. The minimum absolute atomic E-state index is 0.0435. The number of piperazine rings is 1. The van der Waals surface area contributed by atoms with Gasteiger partial charge in [-0.05, 0) is 43.9 Å². The highest BCUT2D eigenvalue weighted by Crippen LogP contribution is 2.42. The maximum atomic E-state index is 13.0. The number of anilines is 2. The van der Waals surface area contributed by atoms with Gasteiger partial charge in [0.05, 0.1) is 36.0 Å². The van der Waals surface area contributed by atoms with Crippen molar-refractivity contribution in [3.8, 4) is 0 Å². The molecule has 3 aliphatic rings. The molecule has 1 aromatic carbocycles. The molecule has 0 N–H and O–H groups in total. The molecule has 1 aromatic rings. The molecule has 3 heterocycles. The maximum absolute atomic E-state index is 13.0. The van der Waals surface area contributed by atoms with E-state index in [4.69, 9.17) is 9.57 Å². The Bertz CT molecular complexity index is 830. The third kappa shape index (κ3) is 4.82. The first-order chi connectivity index (χ1) is 16.0. The predicted molar refractivity (Wildman–Crippen MR) is 128 cm³/mol. The van der Waals surface area contributed by atoms with Crippen molar-refractivity contribution in [1.29, 1.82) is 0 Å². The Morgan fingerprint density at radius 2 is 1.70 bits per heavy atom. The van der Waals surface area contributed by atoms with E-state index in [2.05, 4.69) is 53.7 Å². The first-order valence-electron chi connectivity index (χ1n) is 12.4. The van der Waals surface area contributed by atoms with Crippen LogP contribution >= 0.6 is 0 Å².